The molecule has 0 spiro atoms. The van der Waals surface area contributed by atoms with Crippen LogP contribution in [0.1, 0.15) is 22.7 Å². The summed E-state index contributed by atoms with van der Waals surface area (Å²) < 4.78 is 6.87. The first-order valence-electron chi connectivity index (χ1n) is 9.65. The van der Waals surface area contributed by atoms with Crippen LogP contribution in [-0.2, 0) is 11.3 Å². The molecule has 0 aliphatic rings. The van der Waals surface area contributed by atoms with Crippen molar-refractivity contribution in [2.45, 2.75) is 19.9 Å². The highest BCUT2D eigenvalue weighted by molar-refractivity contribution is 6.07. The maximum absolute atomic E-state index is 12.8. The summed E-state index contributed by atoms with van der Waals surface area (Å²) in [5.41, 5.74) is 2.16. The number of nitrogens with zero attached hydrogens (tertiary/aromatic N) is 4. The number of anilines is 2. The highest BCUT2D eigenvalue weighted by atomic mass is 16.5. The summed E-state index contributed by atoms with van der Waals surface area (Å²) in [4.78, 5) is 33.2. The Morgan fingerprint density at radius 2 is 1.97 bits per heavy atom. The molecule has 0 fully saturated rings. The maximum atomic E-state index is 12.8. The minimum atomic E-state index is -0.317. The molecule has 4 rings (SSSR count). The lowest BCUT2D eigenvalue weighted by Gasteiger charge is -2.10. The zero-order chi connectivity index (χ0) is 21.6. The number of amides is 2. The van der Waals surface area contributed by atoms with E-state index in [1.807, 2.05) is 16.7 Å². The molecule has 156 valence electrons. The van der Waals surface area contributed by atoms with Gasteiger partial charge in [0.2, 0.25) is 17.6 Å². The largest absolute Gasteiger partial charge is 0.339 e. The Kier molecular flexibility index (Phi) is 5.84. The maximum Gasteiger partial charge on any atom is 0.255 e. The molecule has 4 aromatic rings. The van der Waals surface area contributed by atoms with Crippen molar-refractivity contribution < 1.29 is 14.1 Å². The molecule has 2 amide bonds. The van der Waals surface area contributed by atoms with Gasteiger partial charge in [-0.05, 0) is 30.3 Å². The number of carbonyl (C=O) groups is 2. The smallest absolute Gasteiger partial charge is 0.255 e. The minimum absolute atomic E-state index is 0.149. The first kappa shape index (κ1) is 20.0. The molecule has 0 saturated heterocycles. The summed E-state index contributed by atoms with van der Waals surface area (Å²) >= 11 is 0. The number of carbonyl (C=O) groups excluding carboxylic acids is 2. The van der Waals surface area contributed by atoms with Crippen LogP contribution in [0, 0.1) is 6.92 Å². The van der Waals surface area contributed by atoms with Crippen LogP contribution in [0.2, 0.25) is 0 Å². The minimum Gasteiger partial charge on any atom is -0.339 e. The number of nitrogens with one attached hydrogen (secondary N) is 2. The van der Waals surface area contributed by atoms with E-state index in [-0.39, 0.29) is 11.8 Å². The molecule has 0 atom stereocenters. The molecule has 2 heterocycles. The average Bonchev–Trinajstić information content (AvgIpc) is 3.45. The van der Waals surface area contributed by atoms with Crippen LogP contribution in [0.25, 0.3) is 11.4 Å². The van der Waals surface area contributed by atoms with Crippen LogP contribution >= 0.6 is 0 Å². The molecule has 0 aliphatic heterocycles. The number of aryl methyl sites for hydroxylation is 2. The van der Waals surface area contributed by atoms with Crippen molar-refractivity contribution in [2.24, 2.45) is 0 Å². The number of benzene rings is 2. The van der Waals surface area contributed by atoms with Crippen molar-refractivity contribution in [1.82, 2.24) is 19.7 Å². The molecule has 0 unspecified atom stereocenters. The predicted octanol–water partition coefficient (Wildman–Crippen LogP) is 3.52. The van der Waals surface area contributed by atoms with Crippen molar-refractivity contribution in [3.05, 3.63) is 78.7 Å². The van der Waals surface area contributed by atoms with Crippen molar-refractivity contribution in [2.75, 3.05) is 10.6 Å². The molecular formula is C22H20N6O3. The summed E-state index contributed by atoms with van der Waals surface area (Å²) in [5, 5.41) is 9.61. The summed E-state index contributed by atoms with van der Waals surface area (Å²) in [6.07, 6.45) is 5.42. The Balaban J connectivity index is 1.43. The van der Waals surface area contributed by atoms with Gasteiger partial charge in [-0.15, -0.1) is 0 Å². The molecule has 2 N–H and O–H groups in total. The van der Waals surface area contributed by atoms with E-state index in [4.69, 9.17) is 4.52 Å². The zero-order valence-corrected chi connectivity index (χ0v) is 16.8. The average molecular weight is 416 g/mol. The molecule has 2 aromatic carbocycles. The van der Waals surface area contributed by atoms with Gasteiger partial charge < -0.3 is 19.7 Å². The molecule has 0 aliphatic carbocycles. The van der Waals surface area contributed by atoms with Crippen LogP contribution in [-0.4, -0.2) is 31.5 Å². The van der Waals surface area contributed by atoms with Gasteiger partial charge in [0, 0.05) is 49.1 Å². The molecular weight excluding hydrogens is 396 g/mol. The second-order valence-electron chi connectivity index (χ2n) is 6.82. The lowest BCUT2D eigenvalue weighted by molar-refractivity contribution is -0.116. The van der Waals surface area contributed by atoms with Crippen LogP contribution in [0.3, 0.4) is 0 Å². The predicted molar refractivity (Wildman–Crippen MR) is 114 cm³/mol. The first-order chi connectivity index (χ1) is 15.1. The second-order valence-corrected chi connectivity index (χ2v) is 6.82. The van der Waals surface area contributed by atoms with Gasteiger partial charge in [-0.25, -0.2) is 4.98 Å². The lowest BCUT2D eigenvalue weighted by Crippen LogP contribution is -2.16. The van der Waals surface area contributed by atoms with E-state index in [2.05, 4.69) is 25.8 Å². The van der Waals surface area contributed by atoms with Crippen LogP contribution in [0.4, 0.5) is 11.4 Å². The van der Waals surface area contributed by atoms with Gasteiger partial charge >= 0.3 is 0 Å². The quantitative estimate of drug-likeness (QED) is 0.476. The van der Waals surface area contributed by atoms with E-state index in [9.17, 15) is 9.59 Å². The Hall–Kier alpha value is -4.27. The fraction of sp³-hybridized carbons (Fsp3) is 0.136. The fourth-order valence-corrected chi connectivity index (χ4v) is 3.00. The Morgan fingerprint density at radius 3 is 2.74 bits per heavy atom. The van der Waals surface area contributed by atoms with E-state index in [0.717, 1.165) is 0 Å². The lowest BCUT2D eigenvalue weighted by atomic mass is 10.1. The normalized spacial score (nSPS) is 10.6. The number of hydrogen-bond donors (Lipinski definition) is 2. The zero-order valence-electron chi connectivity index (χ0n) is 16.8. The van der Waals surface area contributed by atoms with E-state index in [1.165, 1.54) is 0 Å². The monoisotopic (exact) mass is 416 g/mol. The third kappa shape index (κ3) is 5.02. The summed E-state index contributed by atoms with van der Waals surface area (Å²) in [6, 6.07) is 14.0. The van der Waals surface area contributed by atoms with Crippen LogP contribution < -0.4 is 10.6 Å². The van der Waals surface area contributed by atoms with E-state index >= 15 is 0 Å². The summed E-state index contributed by atoms with van der Waals surface area (Å²) in [6.45, 7) is 2.23. The molecule has 9 heteroatoms. The standard InChI is InChI=1S/C22H20N6O3/c1-15-24-21(27-31-15)18-7-2-3-8-19(18)26-22(30)16-5-4-6-17(13-16)25-20(29)9-11-28-12-10-23-14-28/h2-8,10,12-14H,9,11H2,1H3,(H,25,29)(H,26,30). The van der Waals surface area contributed by atoms with Crippen molar-refractivity contribution in [1.29, 1.82) is 0 Å². The van der Waals surface area contributed by atoms with Gasteiger partial charge in [0.25, 0.3) is 5.91 Å². The van der Waals surface area contributed by atoms with Gasteiger partial charge in [0.15, 0.2) is 0 Å². The van der Waals surface area contributed by atoms with Gasteiger partial charge in [0.1, 0.15) is 0 Å². The molecule has 0 saturated carbocycles. The number of rotatable bonds is 7. The van der Waals surface area contributed by atoms with Crippen molar-refractivity contribution >= 4 is 23.2 Å². The summed E-state index contributed by atoms with van der Waals surface area (Å²) in [5.74, 6) is 0.367. The highest BCUT2D eigenvalue weighted by Crippen LogP contribution is 2.26. The number of para-hydroxylation sites is 1. The topological polar surface area (TPSA) is 115 Å². The molecule has 0 radical (unpaired) electrons. The molecule has 2 aromatic heterocycles. The van der Waals surface area contributed by atoms with E-state index < -0.39 is 0 Å². The third-order valence-corrected chi connectivity index (χ3v) is 4.51. The van der Waals surface area contributed by atoms with Crippen molar-refractivity contribution in [3.63, 3.8) is 0 Å². The van der Waals surface area contributed by atoms with E-state index in [1.54, 1.807) is 62.0 Å². The SMILES string of the molecule is Cc1nc(-c2ccccc2NC(=O)c2cccc(NC(=O)CCn3ccnc3)c2)no1. The third-order valence-electron chi connectivity index (χ3n) is 4.51. The van der Waals surface area contributed by atoms with Gasteiger partial charge in [-0.3, -0.25) is 9.59 Å². The number of hydrogen-bond acceptors (Lipinski definition) is 6. The molecule has 9 nitrogen and oxygen atoms in total. The van der Waals surface area contributed by atoms with Gasteiger partial charge in [-0.1, -0.05) is 23.4 Å². The Morgan fingerprint density at radius 1 is 1.10 bits per heavy atom. The second kappa shape index (κ2) is 9.04. The summed E-state index contributed by atoms with van der Waals surface area (Å²) in [7, 11) is 0. The van der Waals surface area contributed by atoms with Crippen LogP contribution in [0.15, 0.2) is 71.8 Å². The number of aromatic nitrogens is 4. The molecule has 0 bridgehead atoms. The Labute approximate surface area is 178 Å². The van der Waals surface area contributed by atoms with E-state index in [0.29, 0.717) is 47.2 Å². The Bertz CT molecular complexity index is 1200. The van der Waals surface area contributed by atoms with Gasteiger partial charge in [-0.2, -0.15) is 4.98 Å². The first-order valence-corrected chi connectivity index (χ1v) is 9.65. The van der Waals surface area contributed by atoms with Gasteiger partial charge in [0.05, 0.1) is 12.0 Å². The number of imidazole rings is 1. The fourth-order valence-electron chi connectivity index (χ4n) is 3.00. The highest BCUT2D eigenvalue weighted by Gasteiger charge is 2.14. The van der Waals surface area contributed by atoms with Crippen molar-refractivity contribution in [3.8, 4) is 11.4 Å². The molecule has 31 heavy (non-hydrogen) atoms. The van der Waals surface area contributed by atoms with Crippen LogP contribution in [0.5, 0.6) is 0 Å².